The summed E-state index contributed by atoms with van der Waals surface area (Å²) in [6.07, 6.45) is 2.28. The Bertz CT molecular complexity index is 1130. The van der Waals surface area contributed by atoms with Crippen molar-refractivity contribution in [2.75, 3.05) is 49.1 Å². The van der Waals surface area contributed by atoms with Crippen LogP contribution in [0.25, 0.3) is 5.69 Å². The van der Waals surface area contributed by atoms with Crippen molar-refractivity contribution in [1.29, 1.82) is 0 Å². The molecule has 2 fully saturated rings. The number of benzene rings is 2. The van der Waals surface area contributed by atoms with Crippen molar-refractivity contribution in [2.24, 2.45) is 0 Å². The van der Waals surface area contributed by atoms with Crippen LogP contribution < -0.4 is 9.80 Å². The van der Waals surface area contributed by atoms with Crippen molar-refractivity contribution in [3.63, 3.8) is 0 Å². The van der Waals surface area contributed by atoms with Gasteiger partial charge in [-0.15, -0.1) is 10.2 Å². The first-order valence-corrected chi connectivity index (χ1v) is 13.1. The molecule has 9 heteroatoms. The van der Waals surface area contributed by atoms with E-state index >= 15 is 0 Å². The lowest BCUT2D eigenvalue weighted by atomic mass is 10.2. The third-order valence-electron chi connectivity index (χ3n) is 6.44. The molecule has 178 valence electrons. The van der Waals surface area contributed by atoms with Gasteiger partial charge in [-0.2, -0.15) is 0 Å². The summed E-state index contributed by atoms with van der Waals surface area (Å²) in [6, 6.07) is 18.1. The average Bonchev–Trinajstić information content (AvgIpc) is 3.55. The first-order valence-electron chi connectivity index (χ1n) is 11.8. The quantitative estimate of drug-likeness (QED) is 0.473. The lowest BCUT2D eigenvalue weighted by Gasteiger charge is -2.37. The minimum atomic E-state index is -0.278. The van der Waals surface area contributed by atoms with E-state index in [0.29, 0.717) is 10.2 Å². The van der Waals surface area contributed by atoms with E-state index in [0.717, 1.165) is 63.7 Å². The molecule has 1 unspecified atom stereocenters. The Morgan fingerprint density at radius 2 is 1.56 bits per heavy atom. The van der Waals surface area contributed by atoms with Gasteiger partial charge in [0.2, 0.25) is 11.9 Å². The number of nitrogens with zero attached hydrogens (tertiary/aromatic N) is 6. The fourth-order valence-electron chi connectivity index (χ4n) is 4.59. The number of amides is 1. The van der Waals surface area contributed by atoms with Crippen molar-refractivity contribution < 1.29 is 4.79 Å². The van der Waals surface area contributed by atoms with Crippen LogP contribution in [-0.2, 0) is 4.79 Å². The summed E-state index contributed by atoms with van der Waals surface area (Å²) >= 11 is 8.02. The normalized spacial score (nSPS) is 17.3. The predicted octanol–water partition coefficient (Wildman–Crippen LogP) is 4.35. The van der Waals surface area contributed by atoms with Gasteiger partial charge in [-0.1, -0.05) is 53.7 Å². The van der Waals surface area contributed by atoms with Gasteiger partial charge in [0.05, 0.1) is 16.0 Å². The van der Waals surface area contributed by atoms with E-state index in [1.165, 1.54) is 17.4 Å². The summed E-state index contributed by atoms with van der Waals surface area (Å²) in [7, 11) is 0. The first kappa shape index (κ1) is 23.1. The van der Waals surface area contributed by atoms with E-state index < -0.39 is 0 Å². The molecule has 2 saturated heterocycles. The number of aromatic nitrogens is 3. The number of para-hydroxylation sites is 2. The smallest absolute Gasteiger partial charge is 0.236 e. The molecule has 1 amide bonds. The molecule has 2 aliphatic rings. The molecule has 0 bridgehead atoms. The van der Waals surface area contributed by atoms with Crippen molar-refractivity contribution in [1.82, 2.24) is 19.7 Å². The molecule has 0 N–H and O–H groups in total. The van der Waals surface area contributed by atoms with E-state index in [2.05, 4.69) is 44.3 Å². The van der Waals surface area contributed by atoms with Gasteiger partial charge in [0, 0.05) is 45.0 Å². The lowest BCUT2D eigenvalue weighted by Crippen LogP contribution is -2.50. The molecule has 1 atom stereocenters. The molecule has 3 aromatic rings. The third-order valence-corrected chi connectivity index (χ3v) is 7.79. The molecule has 0 spiro atoms. The van der Waals surface area contributed by atoms with Crippen LogP contribution in [-0.4, -0.2) is 70.1 Å². The number of halogens is 1. The number of carbonyl (C=O) groups excluding carboxylic acids is 1. The number of carbonyl (C=O) groups is 1. The molecule has 34 heavy (non-hydrogen) atoms. The topological polar surface area (TPSA) is 57.5 Å². The Morgan fingerprint density at radius 3 is 2.26 bits per heavy atom. The molecule has 3 heterocycles. The zero-order chi connectivity index (χ0) is 23.5. The van der Waals surface area contributed by atoms with Crippen LogP contribution in [0.1, 0.15) is 19.8 Å². The van der Waals surface area contributed by atoms with E-state index in [-0.39, 0.29) is 11.2 Å². The Balaban J connectivity index is 1.31. The van der Waals surface area contributed by atoms with Crippen LogP contribution in [0, 0.1) is 0 Å². The standard InChI is InChI=1S/C25H29ClN6OS/c1-19(23(33)30-17-15-29(16-18-30)20-9-3-2-4-10-20)34-25-28-27-24(31-13-7-8-14-31)32(25)22-12-6-5-11-21(22)26/h2-6,9-12,19H,7-8,13-18H2,1H3. The van der Waals surface area contributed by atoms with Crippen molar-refractivity contribution in [3.05, 3.63) is 59.6 Å². The zero-order valence-electron chi connectivity index (χ0n) is 19.3. The highest BCUT2D eigenvalue weighted by atomic mass is 35.5. The van der Waals surface area contributed by atoms with Crippen LogP contribution in [0.3, 0.4) is 0 Å². The number of anilines is 2. The van der Waals surface area contributed by atoms with Crippen molar-refractivity contribution in [3.8, 4) is 5.69 Å². The molecule has 7 nitrogen and oxygen atoms in total. The van der Waals surface area contributed by atoms with Gasteiger partial charge in [0.25, 0.3) is 0 Å². The highest BCUT2D eigenvalue weighted by Crippen LogP contribution is 2.34. The zero-order valence-corrected chi connectivity index (χ0v) is 20.9. The minimum Gasteiger partial charge on any atom is -0.368 e. The maximum absolute atomic E-state index is 13.3. The van der Waals surface area contributed by atoms with E-state index in [4.69, 9.17) is 11.6 Å². The van der Waals surface area contributed by atoms with Gasteiger partial charge in [0.15, 0.2) is 5.16 Å². The Kier molecular flexibility index (Phi) is 6.97. The number of hydrogen-bond acceptors (Lipinski definition) is 6. The second-order valence-corrected chi connectivity index (χ2v) is 10.4. The van der Waals surface area contributed by atoms with Gasteiger partial charge >= 0.3 is 0 Å². The second kappa shape index (κ2) is 10.3. The van der Waals surface area contributed by atoms with Crippen LogP contribution in [0.5, 0.6) is 0 Å². The molecular formula is C25H29ClN6OS. The molecule has 5 rings (SSSR count). The van der Waals surface area contributed by atoms with Gasteiger partial charge in [0.1, 0.15) is 0 Å². The van der Waals surface area contributed by atoms with Gasteiger partial charge in [-0.3, -0.25) is 9.36 Å². The fourth-order valence-corrected chi connectivity index (χ4v) is 5.75. The van der Waals surface area contributed by atoms with Crippen LogP contribution in [0.2, 0.25) is 5.02 Å². The molecular weight excluding hydrogens is 468 g/mol. The van der Waals surface area contributed by atoms with E-state index in [1.54, 1.807) is 0 Å². The van der Waals surface area contributed by atoms with Crippen LogP contribution in [0.15, 0.2) is 59.8 Å². The SMILES string of the molecule is CC(Sc1nnc(N2CCCC2)n1-c1ccccc1Cl)C(=O)N1CCN(c2ccccc2)CC1. The highest BCUT2D eigenvalue weighted by molar-refractivity contribution is 8.00. The fraction of sp³-hybridized carbons (Fsp3) is 0.400. The van der Waals surface area contributed by atoms with Gasteiger partial charge in [-0.25, -0.2) is 0 Å². The highest BCUT2D eigenvalue weighted by Gasteiger charge is 2.29. The molecule has 0 saturated carbocycles. The predicted molar refractivity (Wildman–Crippen MR) is 138 cm³/mol. The number of rotatable bonds is 6. The van der Waals surface area contributed by atoms with E-state index in [9.17, 15) is 4.79 Å². The van der Waals surface area contributed by atoms with Gasteiger partial charge in [-0.05, 0) is 44.0 Å². The Hall–Kier alpha value is -2.71. The summed E-state index contributed by atoms with van der Waals surface area (Å²) in [5, 5.41) is 10.1. The summed E-state index contributed by atoms with van der Waals surface area (Å²) in [4.78, 5) is 19.9. The Labute approximate surface area is 209 Å². The number of hydrogen-bond donors (Lipinski definition) is 0. The van der Waals surface area contributed by atoms with Crippen molar-refractivity contribution >= 4 is 40.9 Å². The number of piperazine rings is 1. The average molecular weight is 497 g/mol. The van der Waals surface area contributed by atoms with Gasteiger partial charge < -0.3 is 14.7 Å². The molecule has 1 aromatic heterocycles. The van der Waals surface area contributed by atoms with Crippen LogP contribution >= 0.6 is 23.4 Å². The number of thioether (sulfide) groups is 1. The first-order chi connectivity index (χ1) is 16.6. The van der Waals surface area contributed by atoms with Crippen molar-refractivity contribution in [2.45, 2.75) is 30.2 Å². The summed E-state index contributed by atoms with van der Waals surface area (Å²) < 4.78 is 2.01. The van der Waals surface area contributed by atoms with E-state index in [1.807, 2.05) is 46.7 Å². The molecule has 2 aliphatic heterocycles. The Morgan fingerprint density at radius 1 is 0.882 bits per heavy atom. The van der Waals surface area contributed by atoms with Crippen LogP contribution in [0.4, 0.5) is 11.6 Å². The summed E-state index contributed by atoms with van der Waals surface area (Å²) in [5.41, 5.74) is 2.05. The second-order valence-electron chi connectivity index (χ2n) is 8.67. The summed E-state index contributed by atoms with van der Waals surface area (Å²) in [5.74, 6) is 0.929. The molecule has 0 aliphatic carbocycles. The largest absolute Gasteiger partial charge is 0.368 e. The maximum atomic E-state index is 13.3. The third kappa shape index (κ3) is 4.74. The molecule has 2 aromatic carbocycles. The monoisotopic (exact) mass is 496 g/mol. The maximum Gasteiger partial charge on any atom is 0.236 e. The minimum absolute atomic E-state index is 0.133. The molecule has 0 radical (unpaired) electrons. The lowest BCUT2D eigenvalue weighted by molar-refractivity contribution is -0.130. The summed E-state index contributed by atoms with van der Waals surface area (Å²) in [6.45, 7) is 6.96.